The molecule has 3 unspecified atom stereocenters. The molecular weight excluding hydrogens is 264 g/mol. The Morgan fingerprint density at radius 3 is 1.77 bits per heavy atom. The van der Waals surface area contributed by atoms with Gasteiger partial charge in [-0.1, -0.05) is 57.7 Å². The van der Waals surface area contributed by atoms with Gasteiger partial charge in [-0.05, 0) is 59.6 Å². The Hall–Kier alpha value is -1.56. The van der Waals surface area contributed by atoms with E-state index in [0.717, 1.165) is 0 Å². The van der Waals surface area contributed by atoms with Crippen molar-refractivity contribution in [2.45, 2.75) is 48.5 Å². The number of hydrogen-bond acceptors (Lipinski definition) is 0. The van der Waals surface area contributed by atoms with E-state index in [-0.39, 0.29) is 0 Å². The van der Waals surface area contributed by atoms with Gasteiger partial charge in [0, 0.05) is 17.8 Å². The highest BCUT2D eigenvalue weighted by atomic mass is 14.4. The fourth-order valence-corrected chi connectivity index (χ4v) is 4.73. The van der Waals surface area contributed by atoms with Crippen molar-refractivity contribution in [3.05, 3.63) is 68.9 Å². The van der Waals surface area contributed by atoms with Crippen LogP contribution in [-0.4, -0.2) is 0 Å². The molecule has 0 bridgehead atoms. The smallest absolute Gasteiger partial charge is 0.0236 e. The summed E-state index contributed by atoms with van der Waals surface area (Å²) in [5.74, 6) is 1.62. The van der Waals surface area contributed by atoms with Crippen LogP contribution >= 0.6 is 0 Å². The quantitative estimate of drug-likeness (QED) is 0.559. The minimum atomic E-state index is 0.496. The summed E-state index contributed by atoms with van der Waals surface area (Å²) in [6, 6.07) is 0. The lowest BCUT2D eigenvalue weighted by Crippen LogP contribution is -2.14. The van der Waals surface area contributed by atoms with Crippen molar-refractivity contribution in [3.63, 3.8) is 0 Å². The average molecular weight is 292 g/mol. The first kappa shape index (κ1) is 15.3. The van der Waals surface area contributed by atoms with E-state index in [1.807, 2.05) is 0 Å². The zero-order chi connectivity index (χ0) is 16.2. The lowest BCUT2D eigenvalue weighted by molar-refractivity contribution is 0.588. The Labute approximate surface area is 135 Å². The maximum Gasteiger partial charge on any atom is 0.0236 e. The molecule has 0 aromatic carbocycles. The molecule has 0 heteroatoms. The zero-order valence-electron chi connectivity index (χ0n) is 15.0. The number of hydrogen-bond donors (Lipinski definition) is 0. The fraction of sp³-hybridized carbons (Fsp3) is 0.455. The van der Waals surface area contributed by atoms with Crippen LogP contribution in [0.3, 0.4) is 0 Å². The summed E-state index contributed by atoms with van der Waals surface area (Å²) >= 11 is 0. The molecule has 0 saturated carbocycles. The van der Waals surface area contributed by atoms with Crippen LogP contribution < -0.4 is 0 Å². The van der Waals surface area contributed by atoms with E-state index in [0.29, 0.717) is 17.8 Å². The van der Waals surface area contributed by atoms with Gasteiger partial charge in [-0.25, -0.2) is 0 Å². The van der Waals surface area contributed by atoms with Gasteiger partial charge in [-0.2, -0.15) is 0 Å². The second kappa shape index (κ2) is 5.26. The Morgan fingerprint density at radius 2 is 1.27 bits per heavy atom. The Balaban J connectivity index is 2.06. The second-order valence-electron chi connectivity index (χ2n) is 7.48. The third kappa shape index (κ3) is 2.20. The first-order valence-corrected chi connectivity index (χ1v) is 8.43. The molecule has 3 atom stereocenters. The SMILES string of the molecule is CC1=CC(C2=C(C)C(C3C=C(C)C=C3C)C(C)=C2C)C(C)=C1. The fourth-order valence-electron chi connectivity index (χ4n) is 4.73. The van der Waals surface area contributed by atoms with Gasteiger partial charge in [0.1, 0.15) is 0 Å². The van der Waals surface area contributed by atoms with Gasteiger partial charge >= 0.3 is 0 Å². The van der Waals surface area contributed by atoms with Crippen LogP contribution in [0.4, 0.5) is 0 Å². The molecule has 0 aliphatic heterocycles. The van der Waals surface area contributed by atoms with Crippen LogP contribution in [0, 0.1) is 17.8 Å². The van der Waals surface area contributed by atoms with E-state index in [1.54, 1.807) is 16.7 Å². The molecule has 0 fully saturated rings. The summed E-state index contributed by atoms with van der Waals surface area (Å²) in [4.78, 5) is 0. The Bertz CT molecular complexity index is 713. The molecule has 0 radical (unpaired) electrons. The highest BCUT2D eigenvalue weighted by Gasteiger charge is 2.36. The summed E-state index contributed by atoms with van der Waals surface area (Å²) in [5, 5.41) is 0. The molecule has 3 aliphatic carbocycles. The van der Waals surface area contributed by atoms with Crippen LogP contribution in [0.15, 0.2) is 68.9 Å². The molecule has 0 heterocycles. The van der Waals surface area contributed by atoms with E-state index in [4.69, 9.17) is 0 Å². The topological polar surface area (TPSA) is 0 Å². The number of allylic oxidation sites excluding steroid dienone is 12. The van der Waals surface area contributed by atoms with Gasteiger partial charge in [0.05, 0.1) is 0 Å². The summed E-state index contributed by atoms with van der Waals surface area (Å²) in [6.45, 7) is 16.0. The average Bonchev–Trinajstić information content (AvgIpc) is 2.98. The lowest BCUT2D eigenvalue weighted by Gasteiger charge is -2.23. The normalized spacial score (nSPS) is 31.7. The molecule has 0 aromatic heterocycles. The Kier molecular flexibility index (Phi) is 3.67. The predicted molar refractivity (Wildman–Crippen MR) is 96.6 cm³/mol. The standard InChI is InChI=1S/C22H28/c1-12-8-14(3)19(10-12)21-16(5)17(6)22(18(21)7)20-11-13(2)9-15(20)4/h8-11,19-21H,1-7H3. The Morgan fingerprint density at radius 1 is 0.682 bits per heavy atom. The predicted octanol–water partition coefficient (Wildman–Crippen LogP) is 6.31. The van der Waals surface area contributed by atoms with E-state index >= 15 is 0 Å². The van der Waals surface area contributed by atoms with Crippen LogP contribution in [0.2, 0.25) is 0 Å². The monoisotopic (exact) mass is 292 g/mol. The molecular formula is C22H28. The van der Waals surface area contributed by atoms with Crippen molar-refractivity contribution in [2.75, 3.05) is 0 Å². The van der Waals surface area contributed by atoms with E-state index < -0.39 is 0 Å². The lowest BCUT2D eigenvalue weighted by atomic mass is 9.80. The zero-order valence-corrected chi connectivity index (χ0v) is 15.0. The molecule has 116 valence electrons. The van der Waals surface area contributed by atoms with Gasteiger partial charge in [-0.3, -0.25) is 0 Å². The first-order chi connectivity index (χ1) is 10.3. The minimum Gasteiger partial charge on any atom is -0.0735 e. The van der Waals surface area contributed by atoms with Crippen molar-refractivity contribution in [1.29, 1.82) is 0 Å². The van der Waals surface area contributed by atoms with E-state index in [2.05, 4.69) is 72.8 Å². The largest absolute Gasteiger partial charge is 0.0735 e. The molecule has 0 saturated heterocycles. The second-order valence-corrected chi connectivity index (χ2v) is 7.48. The first-order valence-electron chi connectivity index (χ1n) is 8.43. The van der Waals surface area contributed by atoms with Crippen molar-refractivity contribution in [2.24, 2.45) is 17.8 Å². The van der Waals surface area contributed by atoms with Crippen molar-refractivity contribution in [1.82, 2.24) is 0 Å². The maximum absolute atomic E-state index is 2.46. The van der Waals surface area contributed by atoms with Crippen LogP contribution in [-0.2, 0) is 0 Å². The molecule has 0 aromatic rings. The van der Waals surface area contributed by atoms with Gasteiger partial charge < -0.3 is 0 Å². The molecule has 0 spiro atoms. The molecule has 0 nitrogen and oxygen atoms in total. The van der Waals surface area contributed by atoms with E-state index in [9.17, 15) is 0 Å². The summed E-state index contributed by atoms with van der Waals surface area (Å²) in [6.07, 6.45) is 9.59. The third-order valence-corrected chi connectivity index (χ3v) is 5.82. The third-order valence-electron chi connectivity index (χ3n) is 5.82. The van der Waals surface area contributed by atoms with Crippen molar-refractivity contribution in [3.8, 4) is 0 Å². The molecule has 0 amide bonds. The van der Waals surface area contributed by atoms with Gasteiger partial charge in [0.25, 0.3) is 0 Å². The van der Waals surface area contributed by atoms with Crippen LogP contribution in [0.25, 0.3) is 0 Å². The summed E-state index contributed by atoms with van der Waals surface area (Å²) < 4.78 is 0. The molecule has 3 rings (SSSR count). The minimum absolute atomic E-state index is 0.496. The maximum atomic E-state index is 2.46. The van der Waals surface area contributed by atoms with Crippen molar-refractivity contribution >= 4 is 0 Å². The highest BCUT2D eigenvalue weighted by Crippen LogP contribution is 2.49. The summed E-state index contributed by atoms with van der Waals surface area (Å²) in [7, 11) is 0. The van der Waals surface area contributed by atoms with E-state index in [1.165, 1.54) is 27.9 Å². The van der Waals surface area contributed by atoms with Crippen LogP contribution in [0.5, 0.6) is 0 Å². The highest BCUT2D eigenvalue weighted by molar-refractivity contribution is 5.57. The molecule has 3 aliphatic rings. The van der Waals surface area contributed by atoms with Gasteiger partial charge in [0.15, 0.2) is 0 Å². The number of rotatable bonds is 2. The van der Waals surface area contributed by atoms with Gasteiger partial charge in [0.2, 0.25) is 0 Å². The molecule has 0 N–H and O–H groups in total. The molecule has 22 heavy (non-hydrogen) atoms. The summed E-state index contributed by atoms with van der Waals surface area (Å²) in [5.41, 5.74) is 12.1. The van der Waals surface area contributed by atoms with Crippen LogP contribution in [0.1, 0.15) is 48.5 Å². The van der Waals surface area contributed by atoms with Gasteiger partial charge in [-0.15, -0.1) is 0 Å². The van der Waals surface area contributed by atoms with Crippen molar-refractivity contribution < 1.29 is 0 Å².